The van der Waals surface area contributed by atoms with Gasteiger partial charge >= 0.3 is 0 Å². The molecule has 136 valence electrons. The van der Waals surface area contributed by atoms with Crippen molar-refractivity contribution in [1.29, 1.82) is 0 Å². The van der Waals surface area contributed by atoms with Crippen molar-refractivity contribution < 1.29 is 13.9 Å². The molecule has 3 aromatic rings. The summed E-state index contributed by atoms with van der Waals surface area (Å²) in [4.78, 5) is 18.9. The van der Waals surface area contributed by atoms with Crippen molar-refractivity contribution in [3.05, 3.63) is 64.2 Å². The first-order valence-electron chi connectivity index (χ1n) is 8.37. The SMILES string of the molecule is COCCN(Cc1cc2cc(C)c(C)cc2nc1Cl)C(=O)c1ccco1. The van der Waals surface area contributed by atoms with E-state index in [0.717, 1.165) is 16.5 Å². The van der Waals surface area contributed by atoms with Gasteiger partial charge in [0.25, 0.3) is 5.91 Å². The summed E-state index contributed by atoms with van der Waals surface area (Å²) in [6.07, 6.45) is 1.48. The minimum Gasteiger partial charge on any atom is -0.459 e. The fraction of sp³-hybridized carbons (Fsp3) is 0.300. The van der Waals surface area contributed by atoms with Crippen molar-refractivity contribution in [3.63, 3.8) is 0 Å². The molecule has 0 bridgehead atoms. The Bertz CT molecular complexity index is 922. The third-order valence-electron chi connectivity index (χ3n) is 4.40. The van der Waals surface area contributed by atoms with Gasteiger partial charge in [-0.1, -0.05) is 11.6 Å². The second kappa shape index (κ2) is 7.89. The minimum absolute atomic E-state index is 0.205. The second-order valence-electron chi connectivity index (χ2n) is 6.26. The first-order chi connectivity index (χ1) is 12.5. The molecule has 6 heteroatoms. The van der Waals surface area contributed by atoms with E-state index < -0.39 is 0 Å². The molecule has 2 aromatic heterocycles. The summed E-state index contributed by atoms with van der Waals surface area (Å²) < 4.78 is 10.4. The van der Waals surface area contributed by atoms with Crippen molar-refractivity contribution in [1.82, 2.24) is 9.88 Å². The van der Waals surface area contributed by atoms with Gasteiger partial charge in [0.1, 0.15) is 5.15 Å². The van der Waals surface area contributed by atoms with E-state index in [4.69, 9.17) is 20.8 Å². The van der Waals surface area contributed by atoms with Crippen molar-refractivity contribution in [2.45, 2.75) is 20.4 Å². The lowest BCUT2D eigenvalue weighted by Crippen LogP contribution is -2.33. The van der Waals surface area contributed by atoms with Crippen LogP contribution in [0.15, 0.2) is 41.0 Å². The van der Waals surface area contributed by atoms with Crippen molar-refractivity contribution >= 4 is 28.4 Å². The number of hydrogen-bond donors (Lipinski definition) is 0. The molecular formula is C20H21ClN2O3. The van der Waals surface area contributed by atoms with E-state index in [0.29, 0.717) is 24.8 Å². The van der Waals surface area contributed by atoms with Gasteiger partial charge in [0, 0.05) is 31.1 Å². The Morgan fingerprint density at radius 2 is 2.04 bits per heavy atom. The topological polar surface area (TPSA) is 55.6 Å². The smallest absolute Gasteiger partial charge is 0.289 e. The van der Waals surface area contributed by atoms with Crippen LogP contribution in [-0.4, -0.2) is 36.1 Å². The van der Waals surface area contributed by atoms with E-state index in [1.165, 1.54) is 17.4 Å². The van der Waals surface area contributed by atoms with Gasteiger partial charge in [-0.05, 0) is 55.3 Å². The Morgan fingerprint density at radius 3 is 2.73 bits per heavy atom. The standard InChI is InChI=1S/C20H21ClN2O3/c1-13-9-15-11-16(19(21)22-17(15)10-14(13)2)12-23(6-8-25-3)20(24)18-5-4-7-26-18/h4-5,7,9-11H,6,8,12H2,1-3H3. The highest BCUT2D eigenvalue weighted by Gasteiger charge is 2.20. The molecular weight excluding hydrogens is 352 g/mol. The summed E-state index contributed by atoms with van der Waals surface area (Å²) in [5, 5.41) is 1.40. The monoisotopic (exact) mass is 372 g/mol. The number of hydrogen-bond acceptors (Lipinski definition) is 4. The lowest BCUT2D eigenvalue weighted by molar-refractivity contribution is 0.0649. The number of carbonyl (C=O) groups excluding carboxylic acids is 1. The van der Waals surface area contributed by atoms with Crippen LogP contribution in [0.25, 0.3) is 10.9 Å². The van der Waals surface area contributed by atoms with Gasteiger partial charge in [0.2, 0.25) is 0 Å². The zero-order chi connectivity index (χ0) is 18.7. The summed E-state index contributed by atoms with van der Waals surface area (Å²) in [5.41, 5.74) is 4.00. The lowest BCUT2D eigenvalue weighted by Gasteiger charge is -2.22. The predicted octanol–water partition coefficient (Wildman–Crippen LogP) is 4.39. The van der Waals surface area contributed by atoms with Crippen molar-refractivity contribution in [2.75, 3.05) is 20.3 Å². The number of fused-ring (bicyclic) bond motifs is 1. The zero-order valence-electron chi connectivity index (χ0n) is 15.1. The largest absolute Gasteiger partial charge is 0.459 e. The number of amides is 1. The molecule has 0 spiro atoms. The molecule has 1 amide bonds. The maximum absolute atomic E-state index is 12.7. The van der Waals surface area contributed by atoms with Crippen LogP contribution in [0.1, 0.15) is 27.2 Å². The number of nitrogens with zero attached hydrogens (tertiary/aromatic N) is 2. The van der Waals surface area contributed by atoms with Crippen LogP contribution in [0, 0.1) is 13.8 Å². The van der Waals surface area contributed by atoms with Crippen LogP contribution >= 0.6 is 11.6 Å². The highest BCUT2D eigenvalue weighted by molar-refractivity contribution is 6.30. The molecule has 0 aliphatic heterocycles. The lowest BCUT2D eigenvalue weighted by atomic mass is 10.0. The number of pyridine rings is 1. The quantitative estimate of drug-likeness (QED) is 0.602. The summed E-state index contributed by atoms with van der Waals surface area (Å²) in [6, 6.07) is 9.45. The molecule has 1 aromatic carbocycles. The van der Waals surface area contributed by atoms with Crippen LogP contribution in [-0.2, 0) is 11.3 Å². The summed E-state index contributed by atoms with van der Waals surface area (Å²) in [6.45, 7) is 5.29. The van der Waals surface area contributed by atoms with Gasteiger partial charge in [0.15, 0.2) is 5.76 Å². The fourth-order valence-electron chi connectivity index (χ4n) is 2.79. The first kappa shape index (κ1) is 18.4. The van der Waals surface area contributed by atoms with Gasteiger partial charge in [-0.25, -0.2) is 4.98 Å². The number of halogens is 1. The third-order valence-corrected chi connectivity index (χ3v) is 4.73. The highest BCUT2D eigenvalue weighted by atomic mass is 35.5. The van der Waals surface area contributed by atoms with Gasteiger partial charge in [-0.2, -0.15) is 0 Å². The highest BCUT2D eigenvalue weighted by Crippen LogP contribution is 2.25. The average molecular weight is 373 g/mol. The van der Waals surface area contributed by atoms with Gasteiger partial charge in [-0.15, -0.1) is 0 Å². The number of aryl methyl sites for hydroxylation is 2. The Balaban J connectivity index is 1.93. The first-order valence-corrected chi connectivity index (χ1v) is 8.75. The maximum Gasteiger partial charge on any atom is 0.289 e. The van der Waals surface area contributed by atoms with Crippen LogP contribution in [0.5, 0.6) is 0 Å². The second-order valence-corrected chi connectivity index (χ2v) is 6.62. The number of aromatic nitrogens is 1. The molecule has 0 unspecified atom stereocenters. The van der Waals surface area contributed by atoms with Crippen molar-refractivity contribution in [2.24, 2.45) is 0 Å². The Hall–Kier alpha value is -2.37. The number of rotatable bonds is 6. The third kappa shape index (κ3) is 3.89. The van der Waals surface area contributed by atoms with Gasteiger partial charge in [0.05, 0.1) is 18.4 Å². The summed E-state index contributed by atoms with van der Waals surface area (Å²) in [7, 11) is 1.60. The number of furan rings is 1. The van der Waals surface area contributed by atoms with Gasteiger partial charge in [-0.3, -0.25) is 4.79 Å². The van der Waals surface area contributed by atoms with E-state index in [9.17, 15) is 4.79 Å². The molecule has 0 N–H and O–H groups in total. The molecule has 0 saturated carbocycles. The summed E-state index contributed by atoms with van der Waals surface area (Å²) >= 11 is 6.40. The molecule has 5 nitrogen and oxygen atoms in total. The number of benzene rings is 1. The summed E-state index contributed by atoms with van der Waals surface area (Å²) in [5.74, 6) is 0.0840. The van der Waals surface area contributed by atoms with E-state index in [-0.39, 0.29) is 11.7 Å². The number of ether oxygens (including phenoxy) is 1. The molecule has 0 aliphatic carbocycles. The maximum atomic E-state index is 12.7. The van der Waals surface area contributed by atoms with E-state index in [1.54, 1.807) is 24.1 Å². The zero-order valence-corrected chi connectivity index (χ0v) is 15.8. The Morgan fingerprint density at radius 1 is 1.27 bits per heavy atom. The van der Waals surface area contributed by atoms with Crippen LogP contribution in [0.3, 0.4) is 0 Å². The molecule has 2 heterocycles. The average Bonchev–Trinajstić information content (AvgIpc) is 3.14. The molecule has 0 aliphatic rings. The van der Waals surface area contributed by atoms with Crippen LogP contribution in [0.4, 0.5) is 0 Å². The van der Waals surface area contributed by atoms with Crippen LogP contribution in [0.2, 0.25) is 5.15 Å². The Kier molecular flexibility index (Phi) is 5.59. The van der Waals surface area contributed by atoms with E-state index in [2.05, 4.69) is 18.0 Å². The van der Waals surface area contributed by atoms with Gasteiger partial charge < -0.3 is 14.1 Å². The van der Waals surface area contributed by atoms with E-state index >= 15 is 0 Å². The molecule has 0 saturated heterocycles. The molecule has 26 heavy (non-hydrogen) atoms. The van der Waals surface area contributed by atoms with Crippen LogP contribution < -0.4 is 0 Å². The fourth-order valence-corrected chi connectivity index (χ4v) is 2.99. The van der Waals surface area contributed by atoms with E-state index in [1.807, 2.05) is 19.1 Å². The molecule has 3 rings (SSSR count). The number of methoxy groups -OCH3 is 1. The Labute approximate surface area is 157 Å². The number of carbonyl (C=O) groups is 1. The predicted molar refractivity (Wildman–Crippen MR) is 102 cm³/mol. The normalized spacial score (nSPS) is 11.1. The van der Waals surface area contributed by atoms with Crippen molar-refractivity contribution in [3.8, 4) is 0 Å². The molecule has 0 radical (unpaired) electrons. The molecule has 0 atom stereocenters. The minimum atomic E-state index is -0.205. The molecule has 0 fully saturated rings.